The Labute approximate surface area is 185 Å². The molecule has 32 heavy (non-hydrogen) atoms. The van der Waals surface area contributed by atoms with Crippen molar-refractivity contribution >= 4 is 23.3 Å². The molecule has 0 radical (unpaired) electrons. The molecule has 2 fully saturated rings. The minimum Gasteiger partial charge on any atom is -0.486 e. The van der Waals surface area contributed by atoms with Crippen LogP contribution in [-0.2, 0) is 4.79 Å². The zero-order valence-corrected chi connectivity index (χ0v) is 17.7. The number of piperazine rings is 1. The second-order valence-corrected chi connectivity index (χ2v) is 8.00. The van der Waals surface area contributed by atoms with Crippen LogP contribution in [0.15, 0.2) is 42.5 Å². The Balaban J connectivity index is 1.17. The van der Waals surface area contributed by atoms with Crippen LogP contribution in [0, 0.1) is 5.82 Å². The first-order valence-electron chi connectivity index (χ1n) is 10.8. The molecule has 3 aliphatic heterocycles. The van der Waals surface area contributed by atoms with Gasteiger partial charge in [-0.05, 0) is 24.3 Å². The Kier molecular flexibility index (Phi) is 5.46. The normalized spacial score (nSPS) is 18.3. The molecule has 0 saturated carbocycles. The number of ether oxygens (including phenoxy) is 2. The number of nitrogens with zero attached hydrogens (tertiary/aromatic N) is 4. The standard InChI is InChI=1S/C23H25FN4O4/c24-18-3-1-2-4-19(18)25-7-9-26(10-8-25)22(29)16-27-11-12-28(23(27)30)17-5-6-20-21(15-17)32-14-13-31-20/h1-6,15H,7-14,16H2. The zero-order chi connectivity index (χ0) is 22.1. The largest absolute Gasteiger partial charge is 0.486 e. The number of benzene rings is 2. The van der Waals surface area contributed by atoms with Crippen molar-refractivity contribution in [3.8, 4) is 11.5 Å². The van der Waals surface area contributed by atoms with E-state index in [2.05, 4.69) is 0 Å². The van der Waals surface area contributed by atoms with Crippen LogP contribution in [0.3, 0.4) is 0 Å². The van der Waals surface area contributed by atoms with E-state index in [1.165, 1.54) is 6.07 Å². The Hall–Kier alpha value is -3.49. The van der Waals surface area contributed by atoms with Crippen LogP contribution in [0.25, 0.3) is 0 Å². The number of rotatable bonds is 4. The molecule has 0 spiro atoms. The second kappa shape index (κ2) is 8.57. The number of fused-ring (bicyclic) bond motifs is 1. The average Bonchev–Trinajstić information content (AvgIpc) is 3.19. The molecule has 2 saturated heterocycles. The predicted octanol–water partition coefficient (Wildman–Crippen LogP) is 2.19. The van der Waals surface area contributed by atoms with E-state index in [0.29, 0.717) is 69.7 Å². The van der Waals surface area contributed by atoms with E-state index in [-0.39, 0.29) is 24.3 Å². The third kappa shape index (κ3) is 3.90. The monoisotopic (exact) mass is 440 g/mol. The maximum Gasteiger partial charge on any atom is 0.325 e. The molecule has 2 aromatic carbocycles. The first kappa shape index (κ1) is 20.4. The van der Waals surface area contributed by atoms with Crippen LogP contribution in [0.5, 0.6) is 11.5 Å². The van der Waals surface area contributed by atoms with Gasteiger partial charge in [0.2, 0.25) is 5.91 Å². The Morgan fingerprint density at radius 3 is 2.44 bits per heavy atom. The van der Waals surface area contributed by atoms with Gasteiger partial charge in [0, 0.05) is 51.0 Å². The topological polar surface area (TPSA) is 65.6 Å². The lowest BCUT2D eigenvalue weighted by atomic mass is 10.2. The minimum atomic E-state index is -0.255. The second-order valence-electron chi connectivity index (χ2n) is 8.00. The molecule has 2 aromatic rings. The summed E-state index contributed by atoms with van der Waals surface area (Å²) >= 11 is 0. The van der Waals surface area contributed by atoms with Crippen molar-refractivity contribution < 1.29 is 23.5 Å². The van der Waals surface area contributed by atoms with E-state index in [4.69, 9.17) is 9.47 Å². The summed E-state index contributed by atoms with van der Waals surface area (Å²) < 4.78 is 25.2. The summed E-state index contributed by atoms with van der Waals surface area (Å²) in [7, 11) is 0. The highest BCUT2D eigenvalue weighted by Crippen LogP contribution is 2.35. The SMILES string of the molecule is O=C(CN1CCN(c2ccc3c(c2)OCCO3)C1=O)N1CCN(c2ccccc2F)CC1. The van der Waals surface area contributed by atoms with Crippen LogP contribution >= 0.6 is 0 Å². The molecule has 0 unspecified atom stereocenters. The van der Waals surface area contributed by atoms with E-state index in [1.807, 2.05) is 17.0 Å². The first-order chi connectivity index (χ1) is 15.6. The molecular formula is C23H25FN4O4. The molecule has 0 N–H and O–H groups in total. The minimum absolute atomic E-state index is 0.0413. The van der Waals surface area contributed by atoms with Gasteiger partial charge < -0.3 is 24.2 Å². The maximum absolute atomic E-state index is 14.0. The van der Waals surface area contributed by atoms with Gasteiger partial charge in [-0.15, -0.1) is 0 Å². The predicted molar refractivity (Wildman–Crippen MR) is 117 cm³/mol. The number of anilines is 2. The summed E-state index contributed by atoms with van der Waals surface area (Å²) in [5.74, 6) is 0.960. The number of para-hydroxylation sites is 1. The number of hydrogen-bond acceptors (Lipinski definition) is 5. The van der Waals surface area contributed by atoms with Gasteiger partial charge in [0.05, 0.1) is 5.69 Å². The molecule has 3 aliphatic rings. The van der Waals surface area contributed by atoms with Gasteiger partial charge in [0.1, 0.15) is 25.6 Å². The lowest BCUT2D eigenvalue weighted by Gasteiger charge is -2.36. The summed E-state index contributed by atoms with van der Waals surface area (Å²) in [6.45, 7) is 4.14. The van der Waals surface area contributed by atoms with E-state index in [0.717, 1.165) is 5.69 Å². The van der Waals surface area contributed by atoms with Gasteiger partial charge in [0.15, 0.2) is 11.5 Å². The molecule has 168 valence electrons. The summed E-state index contributed by atoms with van der Waals surface area (Å²) in [6.07, 6.45) is 0. The Morgan fingerprint density at radius 1 is 0.906 bits per heavy atom. The van der Waals surface area contributed by atoms with E-state index < -0.39 is 0 Å². The highest BCUT2D eigenvalue weighted by Gasteiger charge is 2.33. The Bertz CT molecular complexity index is 1020. The van der Waals surface area contributed by atoms with Gasteiger partial charge in [0.25, 0.3) is 0 Å². The van der Waals surface area contributed by atoms with Crippen molar-refractivity contribution in [3.05, 3.63) is 48.3 Å². The summed E-state index contributed by atoms with van der Waals surface area (Å²) in [5, 5.41) is 0. The highest BCUT2D eigenvalue weighted by molar-refractivity contribution is 5.96. The molecule has 8 nitrogen and oxygen atoms in total. The highest BCUT2D eigenvalue weighted by atomic mass is 19.1. The van der Waals surface area contributed by atoms with Gasteiger partial charge >= 0.3 is 6.03 Å². The maximum atomic E-state index is 14.0. The van der Waals surface area contributed by atoms with Crippen LogP contribution in [-0.4, -0.2) is 80.8 Å². The van der Waals surface area contributed by atoms with Gasteiger partial charge in [-0.25, -0.2) is 9.18 Å². The molecule has 5 rings (SSSR count). The fraction of sp³-hybridized carbons (Fsp3) is 0.391. The van der Waals surface area contributed by atoms with Crippen LogP contribution in [0.4, 0.5) is 20.6 Å². The number of amides is 3. The number of carbonyl (C=O) groups excluding carboxylic acids is 2. The Morgan fingerprint density at radius 2 is 1.66 bits per heavy atom. The van der Waals surface area contributed by atoms with E-state index in [1.54, 1.807) is 39.0 Å². The quantitative estimate of drug-likeness (QED) is 0.729. The van der Waals surface area contributed by atoms with Gasteiger partial charge in [-0.1, -0.05) is 12.1 Å². The van der Waals surface area contributed by atoms with Crippen LogP contribution in [0.2, 0.25) is 0 Å². The molecule has 3 heterocycles. The van der Waals surface area contributed by atoms with Gasteiger partial charge in [-0.2, -0.15) is 0 Å². The summed E-state index contributed by atoms with van der Waals surface area (Å²) in [5.41, 5.74) is 1.29. The van der Waals surface area contributed by atoms with Crippen molar-refractivity contribution in [2.75, 3.05) is 68.8 Å². The van der Waals surface area contributed by atoms with Crippen molar-refractivity contribution in [1.29, 1.82) is 0 Å². The molecule has 0 aromatic heterocycles. The number of hydrogen-bond donors (Lipinski definition) is 0. The fourth-order valence-corrected chi connectivity index (χ4v) is 4.34. The molecule has 9 heteroatoms. The molecule has 0 aliphatic carbocycles. The molecule has 0 bridgehead atoms. The smallest absolute Gasteiger partial charge is 0.325 e. The zero-order valence-electron chi connectivity index (χ0n) is 17.7. The van der Waals surface area contributed by atoms with Crippen molar-refractivity contribution in [1.82, 2.24) is 9.80 Å². The summed E-state index contributed by atoms with van der Waals surface area (Å²) in [4.78, 5) is 32.7. The average molecular weight is 440 g/mol. The van der Waals surface area contributed by atoms with Crippen molar-refractivity contribution in [2.24, 2.45) is 0 Å². The number of halogens is 1. The summed E-state index contributed by atoms with van der Waals surface area (Å²) in [6, 6.07) is 11.9. The van der Waals surface area contributed by atoms with Crippen molar-refractivity contribution in [2.45, 2.75) is 0 Å². The first-order valence-corrected chi connectivity index (χ1v) is 10.8. The third-order valence-corrected chi connectivity index (χ3v) is 6.08. The number of carbonyl (C=O) groups is 2. The molecule has 0 atom stereocenters. The third-order valence-electron chi connectivity index (χ3n) is 6.08. The fourth-order valence-electron chi connectivity index (χ4n) is 4.34. The van der Waals surface area contributed by atoms with Gasteiger partial charge in [-0.3, -0.25) is 9.69 Å². The number of urea groups is 1. The van der Waals surface area contributed by atoms with Crippen LogP contribution < -0.4 is 19.3 Å². The van der Waals surface area contributed by atoms with E-state index in [9.17, 15) is 14.0 Å². The molecule has 3 amide bonds. The van der Waals surface area contributed by atoms with E-state index >= 15 is 0 Å². The lowest BCUT2D eigenvalue weighted by Crippen LogP contribution is -2.51. The van der Waals surface area contributed by atoms with Crippen molar-refractivity contribution in [3.63, 3.8) is 0 Å². The van der Waals surface area contributed by atoms with Crippen LogP contribution in [0.1, 0.15) is 0 Å². The molecular weight excluding hydrogens is 415 g/mol. The lowest BCUT2D eigenvalue weighted by molar-refractivity contribution is -0.131.